The number of hydrogen-bond acceptors (Lipinski definition) is 5. The van der Waals surface area contributed by atoms with Crippen LogP contribution in [0.1, 0.15) is 43.7 Å². The number of carbonyl (C=O) groups excluding carboxylic acids is 2. The molecule has 0 heterocycles. The van der Waals surface area contributed by atoms with Gasteiger partial charge in [-0.25, -0.2) is 4.79 Å². The molecule has 0 aliphatic heterocycles. The molecule has 2 aromatic carbocycles. The third-order valence-corrected chi connectivity index (χ3v) is 7.06. The van der Waals surface area contributed by atoms with Crippen LogP contribution in [-0.2, 0) is 14.3 Å². The second-order valence-electron chi connectivity index (χ2n) is 8.92. The highest BCUT2D eigenvalue weighted by Crippen LogP contribution is 2.44. The first-order valence-corrected chi connectivity index (χ1v) is 13.4. The van der Waals surface area contributed by atoms with E-state index in [4.69, 9.17) is 4.74 Å². The largest absolute Gasteiger partial charge is 0.480 e. The molecule has 35 heavy (non-hydrogen) atoms. The smallest absolute Gasteiger partial charge is 0.407 e. The molecular formula is C27H34N2O5S. The Morgan fingerprint density at radius 2 is 1.69 bits per heavy atom. The van der Waals surface area contributed by atoms with Gasteiger partial charge in [0, 0.05) is 18.2 Å². The van der Waals surface area contributed by atoms with Crippen LogP contribution < -0.4 is 5.32 Å². The first kappa shape index (κ1) is 26.6. The summed E-state index contributed by atoms with van der Waals surface area (Å²) in [5.74, 6) is -0.773. The van der Waals surface area contributed by atoms with Crippen LogP contribution in [-0.4, -0.2) is 65.7 Å². The van der Waals surface area contributed by atoms with E-state index >= 15 is 0 Å². The molecule has 2 aromatic rings. The number of rotatable bonds is 12. The first-order chi connectivity index (χ1) is 16.8. The SMILES string of the molecule is CCC(C)CC(NC(=O)OCC1c2ccccc2-c2ccccc21)C(=O)N(CCSC)CC(=O)O. The van der Waals surface area contributed by atoms with Gasteiger partial charge in [0.25, 0.3) is 0 Å². The van der Waals surface area contributed by atoms with Crippen molar-refractivity contribution in [3.8, 4) is 11.1 Å². The average Bonchev–Trinajstić information content (AvgIpc) is 3.17. The van der Waals surface area contributed by atoms with Gasteiger partial charge in [0.05, 0.1) is 0 Å². The summed E-state index contributed by atoms with van der Waals surface area (Å²) in [6.07, 6.45) is 2.47. The third-order valence-electron chi connectivity index (χ3n) is 6.47. The monoisotopic (exact) mass is 498 g/mol. The van der Waals surface area contributed by atoms with Gasteiger partial charge in [0.1, 0.15) is 19.2 Å². The lowest BCUT2D eigenvalue weighted by Crippen LogP contribution is -2.51. The van der Waals surface area contributed by atoms with Gasteiger partial charge in [-0.15, -0.1) is 0 Å². The highest BCUT2D eigenvalue weighted by molar-refractivity contribution is 7.98. The predicted molar refractivity (Wildman–Crippen MR) is 139 cm³/mol. The van der Waals surface area contributed by atoms with E-state index in [9.17, 15) is 19.5 Å². The number of benzene rings is 2. The van der Waals surface area contributed by atoms with Crippen LogP contribution >= 0.6 is 11.8 Å². The minimum atomic E-state index is -1.08. The molecule has 0 fully saturated rings. The summed E-state index contributed by atoms with van der Waals surface area (Å²) in [6.45, 7) is 4.07. The second-order valence-corrected chi connectivity index (χ2v) is 9.90. The molecule has 7 nitrogen and oxygen atoms in total. The van der Waals surface area contributed by atoms with Crippen molar-refractivity contribution in [2.24, 2.45) is 5.92 Å². The molecule has 3 rings (SSSR count). The van der Waals surface area contributed by atoms with E-state index in [0.29, 0.717) is 18.7 Å². The fourth-order valence-corrected chi connectivity index (χ4v) is 4.83. The van der Waals surface area contributed by atoms with Gasteiger partial charge in [-0.3, -0.25) is 9.59 Å². The van der Waals surface area contributed by atoms with Gasteiger partial charge in [0.15, 0.2) is 0 Å². The van der Waals surface area contributed by atoms with Crippen molar-refractivity contribution in [3.05, 3.63) is 59.7 Å². The van der Waals surface area contributed by atoms with E-state index < -0.39 is 30.6 Å². The zero-order chi connectivity index (χ0) is 25.4. The lowest BCUT2D eigenvalue weighted by atomic mass is 9.98. The quantitative estimate of drug-likeness (QED) is 0.444. The third kappa shape index (κ3) is 6.78. The summed E-state index contributed by atoms with van der Waals surface area (Å²) < 4.78 is 5.64. The number of aliphatic carboxylic acids is 1. The van der Waals surface area contributed by atoms with Crippen LogP contribution in [0.2, 0.25) is 0 Å². The minimum absolute atomic E-state index is 0.0815. The molecule has 2 amide bonds. The summed E-state index contributed by atoms with van der Waals surface area (Å²) in [6, 6.07) is 15.3. The maximum absolute atomic E-state index is 13.2. The van der Waals surface area contributed by atoms with Crippen LogP contribution in [0.15, 0.2) is 48.5 Å². The van der Waals surface area contributed by atoms with Gasteiger partial charge in [-0.05, 0) is 40.8 Å². The zero-order valence-corrected chi connectivity index (χ0v) is 21.3. The number of ether oxygens (including phenoxy) is 1. The molecule has 2 atom stereocenters. The number of hydrogen-bond donors (Lipinski definition) is 2. The van der Waals surface area contributed by atoms with E-state index in [2.05, 4.69) is 17.4 Å². The van der Waals surface area contributed by atoms with E-state index in [1.54, 1.807) is 0 Å². The molecule has 8 heteroatoms. The molecule has 2 unspecified atom stereocenters. The van der Waals surface area contributed by atoms with Crippen molar-refractivity contribution in [2.75, 3.05) is 31.7 Å². The Bertz CT molecular complexity index is 998. The van der Waals surface area contributed by atoms with Crippen molar-refractivity contribution in [2.45, 2.75) is 38.6 Å². The predicted octanol–water partition coefficient (Wildman–Crippen LogP) is 4.61. The molecule has 188 valence electrons. The van der Waals surface area contributed by atoms with Crippen molar-refractivity contribution in [1.29, 1.82) is 0 Å². The normalized spacial score (nSPS) is 13.9. The summed E-state index contributed by atoms with van der Waals surface area (Å²) in [5.41, 5.74) is 4.50. The van der Waals surface area contributed by atoms with Crippen molar-refractivity contribution in [3.63, 3.8) is 0 Å². The highest BCUT2D eigenvalue weighted by Gasteiger charge is 2.31. The Labute approximate surface area is 211 Å². The molecule has 0 saturated carbocycles. The fraction of sp³-hybridized carbons (Fsp3) is 0.444. The van der Waals surface area contributed by atoms with Crippen LogP contribution in [0.25, 0.3) is 11.1 Å². The van der Waals surface area contributed by atoms with E-state index in [1.807, 2.05) is 56.5 Å². The number of fused-ring (bicyclic) bond motifs is 3. The lowest BCUT2D eigenvalue weighted by molar-refractivity contribution is -0.145. The number of alkyl carbamates (subject to hydrolysis) is 1. The van der Waals surface area contributed by atoms with E-state index in [1.165, 1.54) is 16.7 Å². The Kier molecular flexibility index (Phi) is 9.60. The zero-order valence-electron chi connectivity index (χ0n) is 20.5. The molecular weight excluding hydrogens is 464 g/mol. The summed E-state index contributed by atoms with van der Waals surface area (Å²) in [4.78, 5) is 38.7. The van der Waals surface area contributed by atoms with Crippen LogP contribution in [0.4, 0.5) is 4.79 Å². The summed E-state index contributed by atoms with van der Waals surface area (Å²) in [5, 5.41) is 12.0. The van der Waals surface area contributed by atoms with Crippen molar-refractivity contribution in [1.82, 2.24) is 10.2 Å². The molecule has 0 aromatic heterocycles. The molecule has 0 bridgehead atoms. The topological polar surface area (TPSA) is 95.9 Å². The second kappa shape index (κ2) is 12.6. The van der Waals surface area contributed by atoms with E-state index in [0.717, 1.165) is 28.7 Å². The van der Waals surface area contributed by atoms with Crippen molar-refractivity contribution >= 4 is 29.7 Å². The fourth-order valence-electron chi connectivity index (χ4n) is 4.43. The number of thioether (sulfide) groups is 1. The molecule has 2 N–H and O–H groups in total. The molecule has 1 aliphatic rings. The molecule has 0 saturated heterocycles. The molecule has 0 radical (unpaired) electrons. The summed E-state index contributed by atoms with van der Waals surface area (Å²) in [7, 11) is 0. The first-order valence-electron chi connectivity index (χ1n) is 12.0. The Balaban J connectivity index is 1.71. The van der Waals surface area contributed by atoms with Gasteiger partial charge in [-0.1, -0.05) is 68.8 Å². The van der Waals surface area contributed by atoms with Gasteiger partial charge < -0.3 is 20.1 Å². The standard InChI is InChI=1S/C27H34N2O5S/c1-4-18(2)15-24(26(32)29(13-14-35-3)16-25(30)31)28-27(33)34-17-23-21-11-7-5-9-19(21)20-10-6-8-12-22(20)23/h5-12,18,23-24H,4,13-17H2,1-3H3,(H,28,33)(H,30,31). The lowest BCUT2D eigenvalue weighted by Gasteiger charge is -2.28. The maximum Gasteiger partial charge on any atom is 0.407 e. The average molecular weight is 499 g/mol. The number of nitrogens with zero attached hydrogens (tertiary/aromatic N) is 1. The Morgan fingerprint density at radius 1 is 1.09 bits per heavy atom. The number of amides is 2. The van der Waals surface area contributed by atoms with Gasteiger partial charge in [-0.2, -0.15) is 11.8 Å². The number of carboxylic acid groups (broad SMARTS) is 1. The molecule has 0 spiro atoms. The van der Waals surface area contributed by atoms with E-state index in [-0.39, 0.29) is 18.4 Å². The van der Waals surface area contributed by atoms with Crippen LogP contribution in [0.5, 0.6) is 0 Å². The van der Waals surface area contributed by atoms with Gasteiger partial charge in [0.2, 0.25) is 5.91 Å². The van der Waals surface area contributed by atoms with Crippen LogP contribution in [0, 0.1) is 5.92 Å². The molecule has 1 aliphatic carbocycles. The number of carboxylic acids is 1. The highest BCUT2D eigenvalue weighted by atomic mass is 32.2. The van der Waals surface area contributed by atoms with Crippen molar-refractivity contribution < 1.29 is 24.2 Å². The summed E-state index contributed by atoms with van der Waals surface area (Å²) >= 11 is 1.53. The van der Waals surface area contributed by atoms with Crippen LogP contribution in [0.3, 0.4) is 0 Å². The van der Waals surface area contributed by atoms with Gasteiger partial charge >= 0.3 is 12.1 Å². The number of nitrogens with one attached hydrogen (secondary N) is 1. The number of carbonyl (C=O) groups is 3. The maximum atomic E-state index is 13.2. The Hall–Kier alpha value is -3.00. The minimum Gasteiger partial charge on any atom is -0.480 e. The Morgan fingerprint density at radius 3 is 2.23 bits per heavy atom.